The molecule has 1 aliphatic carbocycles. The molecule has 4 heteroatoms. The molecule has 0 amide bonds. The predicted molar refractivity (Wildman–Crippen MR) is 86.5 cm³/mol. The van der Waals surface area contributed by atoms with Crippen LogP contribution in [-0.4, -0.2) is 26.1 Å². The van der Waals surface area contributed by atoms with Crippen molar-refractivity contribution in [2.24, 2.45) is 4.99 Å². The zero-order valence-corrected chi connectivity index (χ0v) is 12.7. The second kappa shape index (κ2) is 6.80. The molecule has 20 heavy (non-hydrogen) atoms. The Bertz CT molecular complexity index is 475. The summed E-state index contributed by atoms with van der Waals surface area (Å²) < 4.78 is 0. The molecule has 0 saturated heterocycles. The Labute approximate surface area is 126 Å². The van der Waals surface area contributed by atoms with Crippen LogP contribution in [0.5, 0.6) is 0 Å². The summed E-state index contributed by atoms with van der Waals surface area (Å²) in [5, 5.41) is 7.41. The molecule has 1 aliphatic rings. The molecule has 1 fully saturated rings. The first-order chi connectivity index (χ1) is 9.70. The minimum atomic E-state index is 0.219. The summed E-state index contributed by atoms with van der Waals surface area (Å²) in [7, 11) is 1.79. The molecule has 0 radical (unpaired) electrons. The number of nitrogens with zero attached hydrogens (tertiary/aromatic N) is 1. The number of nitrogens with one attached hydrogen (secondary N) is 2. The van der Waals surface area contributed by atoms with Crippen LogP contribution >= 0.6 is 11.6 Å². The maximum absolute atomic E-state index is 5.98. The van der Waals surface area contributed by atoms with Crippen LogP contribution in [0.1, 0.15) is 24.8 Å². The Morgan fingerprint density at radius 2 is 2.05 bits per heavy atom. The average molecular weight is 292 g/mol. The molecule has 2 N–H and O–H groups in total. The van der Waals surface area contributed by atoms with Crippen molar-refractivity contribution in [2.75, 3.05) is 20.1 Å². The van der Waals surface area contributed by atoms with Gasteiger partial charge in [0.2, 0.25) is 0 Å². The third-order valence-corrected chi connectivity index (χ3v) is 4.25. The molecule has 1 aromatic rings. The smallest absolute Gasteiger partial charge is 0.191 e. The molecule has 1 saturated carbocycles. The first-order valence-corrected chi connectivity index (χ1v) is 7.39. The Kier molecular flexibility index (Phi) is 5.07. The fourth-order valence-corrected chi connectivity index (χ4v) is 2.74. The van der Waals surface area contributed by atoms with E-state index in [1.807, 2.05) is 18.2 Å². The largest absolute Gasteiger partial charge is 0.356 e. The topological polar surface area (TPSA) is 36.4 Å². The van der Waals surface area contributed by atoms with Crippen LogP contribution in [0, 0.1) is 0 Å². The van der Waals surface area contributed by atoms with Crippen LogP contribution < -0.4 is 10.6 Å². The van der Waals surface area contributed by atoms with Gasteiger partial charge in [-0.25, -0.2) is 0 Å². The summed E-state index contributed by atoms with van der Waals surface area (Å²) in [5.41, 5.74) is 1.58. The molecule has 0 unspecified atom stereocenters. The van der Waals surface area contributed by atoms with Crippen LogP contribution in [0.25, 0.3) is 0 Å². The molecule has 3 nitrogen and oxygen atoms in total. The highest BCUT2D eigenvalue weighted by Gasteiger charge is 2.38. The second-order valence-electron chi connectivity index (χ2n) is 5.24. The number of benzene rings is 1. The van der Waals surface area contributed by atoms with Crippen LogP contribution in [0.4, 0.5) is 0 Å². The molecule has 0 aliphatic heterocycles. The molecule has 0 spiro atoms. The van der Waals surface area contributed by atoms with Crippen molar-refractivity contribution in [3.8, 4) is 0 Å². The minimum absolute atomic E-state index is 0.219. The van der Waals surface area contributed by atoms with Gasteiger partial charge in [0.15, 0.2) is 5.96 Å². The first kappa shape index (κ1) is 14.9. The lowest BCUT2D eigenvalue weighted by atomic mass is 9.64. The molecule has 0 aromatic heterocycles. The normalized spacial score (nSPS) is 17.2. The molecule has 108 valence electrons. The van der Waals surface area contributed by atoms with Crippen molar-refractivity contribution in [1.29, 1.82) is 0 Å². The van der Waals surface area contributed by atoms with Crippen molar-refractivity contribution < 1.29 is 0 Å². The number of hydrogen-bond donors (Lipinski definition) is 2. The second-order valence-corrected chi connectivity index (χ2v) is 5.67. The zero-order chi connectivity index (χ0) is 14.4. The van der Waals surface area contributed by atoms with E-state index in [1.54, 1.807) is 7.05 Å². The Balaban J connectivity index is 2.01. The number of guanidine groups is 1. The molecule has 0 atom stereocenters. The van der Waals surface area contributed by atoms with Gasteiger partial charge in [0.25, 0.3) is 0 Å². The van der Waals surface area contributed by atoms with Crippen molar-refractivity contribution in [1.82, 2.24) is 10.6 Å². The van der Waals surface area contributed by atoms with E-state index in [0.29, 0.717) is 6.54 Å². The van der Waals surface area contributed by atoms with Gasteiger partial charge in [-0.3, -0.25) is 4.99 Å². The third kappa shape index (κ3) is 3.34. The fraction of sp³-hybridized carbons (Fsp3) is 0.438. The van der Waals surface area contributed by atoms with Gasteiger partial charge in [-0.2, -0.15) is 0 Å². The van der Waals surface area contributed by atoms with Gasteiger partial charge in [-0.15, -0.1) is 6.58 Å². The highest BCUT2D eigenvalue weighted by Crippen LogP contribution is 2.43. The number of aliphatic imine (C=N–C) groups is 1. The van der Waals surface area contributed by atoms with Gasteiger partial charge >= 0.3 is 0 Å². The van der Waals surface area contributed by atoms with E-state index < -0.39 is 0 Å². The Hall–Kier alpha value is -1.48. The standard InChI is InChI=1S/C16H22ClN3/c1-3-11-19-15(18-2)20-12-16(9-4-10-16)13-5-7-14(17)8-6-13/h3,5-8H,1,4,9-12H2,2H3,(H2,18,19,20). The van der Waals surface area contributed by atoms with Crippen molar-refractivity contribution in [2.45, 2.75) is 24.7 Å². The Morgan fingerprint density at radius 1 is 1.35 bits per heavy atom. The summed E-state index contributed by atoms with van der Waals surface area (Å²) in [4.78, 5) is 4.22. The van der Waals surface area contributed by atoms with Crippen molar-refractivity contribution in [3.05, 3.63) is 47.5 Å². The van der Waals surface area contributed by atoms with Gasteiger partial charge in [0.05, 0.1) is 0 Å². The number of halogens is 1. The molecular weight excluding hydrogens is 270 g/mol. The first-order valence-electron chi connectivity index (χ1n) is 7.02. The molecule has 1 aromatic carbocycles. The quantitative estimate of drug-likeness (QED) is 0.497. The van der Waals surface area contributed by atoms with E-state index in [0.717, 1.165) is 17.5 Å². The third-order valence-electron chi connectivity index (χ3n) is 4.00. The van der Waals surface area contributed by atoms with Crippen LogP contribution in [-0.2, 0) is 5.41 Å². The van der Waals surface area contributed by atoms with E-state index in [1.165, 1.54) is 24.8 Å². The molecule has 0 heterocycles. The van der Waals surface area contributed by atoms with Crippen LogP contribution in [0.15, 0.2) is 41.9 Å². The van der Waals surface area contributed by atoms with Gasteiger partial charge in [0, 0.05) is 30.6 Å². The lowest BCUT2D eigenvalue weighted by Crippen LogP contribution is -2.48. The van der Waals surface area contributed by atoms with E-state index >= 15 is 0 Å². The summed E-state index contributed by atoms with van der Waals surface area (Å²) in [6.45, 7) is 5.31. The summed E-state index contributed by atoms with van der Waals surface area (Å²) in [6, 6.07) is 8.23. The summed E-state index contributed by atoms with van der Waals surface area (Å²) >= 11 is 5.98. The van der Waals surface area contributed by atoms with Crippen LogP contribution in [0.2, 0.25) is 5.02 Å². The average Bonchev–Trinajstić information content (AvgIpc) is 2.42. The summed E-state index contributed by atoms with van der Waals surface area (Å²) in [6.07, 6.45) is 5.52. The highest BCUT2D eigenvalue weighted by atomic mass is 35.5. The zero-order valence-electron chi connectivity index (χ0n) is 12.0. The maximum atomic E-state index is 5.98. The maximum Gasteiger partial charge on any atom is 0.191 e. The van der Waals surface area contributed by atoms with Gasteiger partial charge < -0.3 is 10.6 Å². The van der Waals surface area contributed by atoms with E-state index in [4.69, 9.17) is 11.6 Å². The number of hydrogen-bond acceptors (Lipinski definition) is 1. The fourth-order valence-electron chi connectivity index (χ4n) is 2.62. The Morgan fingerprint density at radius 3 is 2.55 bits per heavy atom. The van der Waals surface area contributed by atoms with Crippen LogP contribution in [0.3, 0.4) is 0 Å². The predicted octanol–water partition coefficient (Wildman–Crippen LogP) is 3.11. The monoisotopic (exact) mass is 291 g/mol. The highest BCUT2D eigenvalue weighted by molar-refractivity contribution is 6.30. The van der Waals surface area contributed by atoms with E-state index in [2.05, 4.69) is 34.3 Å². The minimum Gasteiger partial charge on any atom is -0.356 e. The molecule has 0 bridgehead atoms. The molecular formula is C16H22ClN3. The summed E-state index contributed by atoms with van der Waals surface area (Å²) in [5.74, 6) is 0.824. The van der Waals surface area contributed by atoms with Crippen molar-refractivity contribution >= 4 is 17.6 Å². The van der Waals surface area contributed by atoms with E-state index in [9.17, 15) is 0 Å². The lowest BCUT2D eigenvalue weighted by molar-refractivity contribution is 0.244. The van der Waals surface area contributed by atoms with Crippen molar-refractivity contribution in [3.63, 3.8) is 0 Å². The molecule has 2 rings (SSSR count). The van der Waals surface area contributed by atoms with E-state index in [-0.39, 0.29) is 5.41 Å². The lowest BCUT2D eigenvalue weighted by Gasteiger charge is -2.43. The SMILES string of the molecule is C=CCNC(=NC)NCC1(c2ccc(Cl)cc2)CCC1. The van der Waals surface area contributed by atoms with Gasteiger partial charge in [-0.05, 0) is 30.5 Å². The van der Waals surface area contributed by atoms with Gasteiger partial charge in [-0.1, -0.05) is 36.2 Å². The number of rotatable bonds is 5. The van der Waals surface area contributed by atoms with Gasteiger partial charge in [0.1, 0.15) is 0 Å².